The number of aryl methyl sites for hydroxylation is 1. The van der Waals surface area contributed by atoms with Crippen LogP contribution in [0.25, 0.3) is 11.0 Å². The Morgan fingerprint density at radius 1 is 1.00 bits per heavy atom. The maximum atomic E-state index is 11.8. The number of benzene rings is 2. The lowest BCUT2D eigenvalue weighted by Gasteiger charge is -2.19. The Morgan fingerprint density at radius 2 is 1.72 bits per heavy atom. The number of carbonyl (C=O) groups excluding carboxylic acids is 1. The Hall–Kier alpha value is -3.87. The van der Waals surface area contributed by atoms with Crippen LogP contribution in [-0.2, 0) is 12.5 Å². The van der Waals surface area contributed by atoms with Gasteiger partial charge in [-0.25, -0.2) is 4.98 Å². The Labute approximate surface area is 187 Å². The molecule has 4 aromatic rings. The summed E-state index contributed by atoms with van der Waals surface area (Å²) in [5.74, 6) is 1.64. The fraction of sp³-hybridized carbons (Fsp3) is 0.240. The minimum atomic E-state index is -0.262. The molecule has 1 amide bonds. The van der Waals surface area contributed by atoms with Crippen molar-refractivity contribution in [1.82, 2.24) is 19.9 Å². The average molecular weight is 430 g/mol. The number of fused-ring (bicyclic) bond motifs is 1. The molecule has 0 aliphatic heterocycles. The zero-order valence-electron chi connectivity index (χ0n) is 18.9. The number of nitrogens with one attached hydrogen (secondary N) is 2. The van der Waals surface area contributed by atoms with E-state index in [0.29, 0.717) is 17.2 Å². The summed E-state index contributed by atoms with van der Waals surface area (Å²) in [7, 11) is 3.54. The quantitative estimate of drug-likeness (QED) is 0.458. The van der Waals surface area contributed by atoms with Crippen LogP contribution in [0.3, 0.4) is 0 Å². The van der Waals surface area contributed by atoms with Crippen molar-refractivity contribution in [1.29, 1.82) is 0 Å². The van der Waals surface area contributed by atoms with Crippen LogP contribution >= 0.6 is 0 Å². The van der Waals surface area contributed by atoms with Gasteiger partial charge in [-0.15, -0.1) is 0 Å². The van der Waals surface area contributed by atoms with Gasteiger partial charge in [0.15, 0.2) is 0 Å². The molecule has 0 bridgehead atoms. The van der Waals surface area contributed by atoms with Gasteiger partial charge in [-0.3, -0.25) is 9.78 Å². The second-order valence-corrected chi connectivity index (χ2v) is 8.66. The van der Waals surface area contributed by atoms with Crippen LogP contribution in [0.4, 0.5) is 11.6 Å². The molecule has 0 saturated heterocycles. The van der Waals surface area contributed by atoms with E-state index >= 15 is 0 Å². The number of amides is 1. The molecule has 0 fully saturated rings. The molecule has 7 nitrogen and oxygen atoms in total. The van der Waals surface area contributed by atoms with E-state index in [4.69, 9.17) is 9.72 Å². The molecule has 0 saturated carbocycles. The van der Waals surface area contributed by atoms with Crippen LogP contribution in [-0.4, -0.2) is 27.5 Å². The summed E-state index contributed by atoms with van der Waals surface area (Å²) in [6.45, 7) is 6.60. The van der Waals surface area contributed by atoms with Gasteiger partial charge in [0.2, 0.25) is 5.95 Å². The number of nitrogens with zero attached hydrogens (tertiary/aromatic N) is 3. The van der Waals surface area contributed by atoms with Crippen molar-refractivity contribution < 1.29 is 9.53 Å². The lowest BCUT2D eigenvalue weighted by Crippen LogP contribution is -2.18. The predicted molar refractivity (Wildman–Crippen MR) is 127 cm³/mol. The first kappa shape index (κ1) is 21.4. The van der Waals surface area contributed by atoms with E-state index < -0.39 is 0 Å². The molecular formula is C25H27N5O2. The van der Waals surface area contributed by atoms with Crippen LogP contribution < -0.4 is 15.4 Å². The third-order valence-electron chi connectivity index (χ3n) is 5.29. The van der Waals surface area contributed by atoms with Crippen molar-refractivity contribution in [2.24, 2.45) is 7.05 Å². The van der Waals surface area contributed by atoms with E-state index in [-0.39, 0.29) is 11.3 Å². The second-order valence-electron chi connectivity index (χ2n) is 8.66. The van der Waals surface area contributed by atoms with Gasteiger partial charge in [0.25, 0.3) is 5.91 Å². The molecular weight excluding hydrogens is 402 g/mol. The monoisotopic (exact) mass is 429 g/mol. The fourth-order valence-corrected chi connectivity index (χ4v) is 3.40. The van der Waals surface area contributed by atoms with E-state index in [0.717, 1.165) is 22.7 Å². The number of anilines is 2. The zero-order chi connectivity index (χ0) is 22.9. The minimum Gasteiger partial charge on any atom is -0.457 e. The molecule has 0 aliphatic rings. The first-order valence-electron chi connectivity index (χ1n) is 10.4. The lowest BCUT2D eigenvalue weighted by atomic mass is 9.87. The van der Waals surface area contributed by atoms with Gasteiger partial charge in [-0.2, -0.15) is 0 Å². The number of hydrogen-bond donors (Lipinski definition) is 2. The van der Waals surface area contributed by atoms with Crippen molar-refractivity contribution in [3.8, 4) is 11.5 Å². The van der Waals surface area contributed by atoms with Gasteiger partial charge in [0, 0.05) is 38.1 Å². The molecule has 0 unspecified atom stereocenters. The molecule has 0 aliphatic carbocycles. The van der Waals surface area contributed by atoms with Gasteiger partial charge in [0.1, 0.15) is 17.2 Å². The third-order valence-corrected chi connectivity index (χ3v) is 5.29. The van der Waals surface area contributed by atoms with Crippen molar-refractivity contribution in [3.05, 3.63) is 72.1 Å². The van der Waals surface area contributed by atoms with E-state index in [9.17, 15) is 4.79 Å². The molecule has 4 rings (SSSR count). The molecule has 32 heavy (non-hydrogen) atoms. The van der Waals surface area contributed by atoms with Crippen LogP contribution in [0, 0.1) is 0 Å². The van der Waals surface area contributed by atoms with Crippen molar-refractivity contribution in [2.75, 3.05) is 12.4 Å². The number of aromatic nitrogens is 3. The highest BCUT2D eigenvalue weighted by Crippen LogP contribution is 2.29. The molecule has 2 aromatic carbocycles. The Kier molecular flexibility index (Phi) is 5.57. The number of rotatable bonds is 5. The predicted octanol–water partition coefficient (Wildman–Crippen LogP) is 5.16. The van der Waals surface area contributed by atoms with E-state index in [1.165, 1.54) is 5.56 Å². The van der Waals surface area contributed by atoms with Crippen LogP contribution in [0.1, 0.15) is 36.8 Å². The van der Waals surface area contributed by atoms with Crippen molar-refractivity contribution in [3.63, 3.8) is 0 Å². The number of carbonyl (C=O) groups is 1. The van der Waals surface area contributed by atoms with Gasteiger partial charge >= 0.3 is 0 Å². The number of ether oxygens (including phenoxy) is 1. The van der Waals surface area contributed by atoms with Gasteiger partial charge in [0.05, 0.1) is 11.0 Å². The summed E-state index contributed by atoms with van der Waals surface area (Å²) in [5.41, 5.74) is 4.46. The summed E-state index contributed by atoms with van der Waals surface area (Å²) >= 11 is 0. The van der Waals surface area contributed by atoms with Crippen LogP contribution in [0.5, 0.6) is 11.5 Å². The molecule has 2 heterocycles. The number of pyridine rings is 1. The molecule has 0 atom stereocenters. The summed E-state index contributed by atoms with van der Waals surface area (Å²) < 4.78 is 7.95. The smallest absolute Gasteiger partial charge is 0.269 e. The Balaban J connectivity index is 1.56. The molecule has 2 N–H and O–H groups in total. The van der Waals surface area contributed by atoms with Gasteiger partial charge < -0.3 is 19.9 Å². The highest BCUT2D eigenvalue weighted by Gasteiger charge is 2.14. The van der Waals surface area contributed by atoms with Crippen molar-refractivity contribution in [2.45, 2.75) is 26.2 Å². The first-order chi connectivity index (χ1) is 15.2. The largest absolute Gasteiger partial charge is 0.457 e. The van der Waals surface area contributed by atoms with E-state index in [2.05, 4.69) is 60.7 Å². The average Bonchev–Trinajstić information content (AvgIpc) is 3.07. The first-order valence-corrected chi connectivity index (χ1v) is 10.4. The highest BCUT2D eigenvalue weighted by atomic mass is 16.5. The summed E-state index contributed by atoms with van der Waals surface area (Å²) in [6.07, 6.45) is 1.55. The van der Waals surface area contributed by atoms with Gasteiger partial charge in [-0.05, 0) is 41.3 Å². The Bertz CT molecular complexity index is 1270. The van der Waals surface area contributed by atoms with E-state index in [1.54, 1.807) is 25.4 Å². The number of hydrogen-bond acceptors (Lipinski definition) is 5. The van der Waals surface area contributed by atoms with Gasteiger partial charge in [-0.1, -0.05) is 32.9 Å². The van der Waals surface area contributed by atoms with Crippen molar-refractivity contribution >= 4 is 28.6 Å². The highest BCUT2D eigenvalue weighted by molar-refractivity contribution is 5.92. The summed E-state index contributed by atoms with van der Waals surface area (Å²) in [6, 6.07) is 17.5. The van der Waals surface area contributed by atoms with Crippen LogP contribution in [0.15, 0.2) is 60.8 Å². The molecule has 164 valence electrons. The lowest BCUT2D eigenvalue weighted by molar-refractivity contribution is 0.0958. The molecule has 7 heteroatoms. The third kappa shape index (κ3) is 4.42. The number of imidazole rings is 1. The molecule has 0 spiro atoms. The SMILES string of the molecule is CNC(=O)c1cc(Oc2ccc3c(c2)nc(Nc2ccc(C(C)(C)C)cc2)n3C)ccn1. The normalized spacial score (nSPS) is 11.4. The molecule has 2 aromatic heterocycles. The minimum absolute atomic E-state index is 0.114. The topological polar surface area (TPSA) is 81.1 Å². The summed E-state index contributed by atoms with van der Waals surface area (Å²) in [4.78, 5) is 20.6. The fourth-order valence-electron chi connectivity index (χ4n) is 3.40. The zero-order valence-corrected chi connectivity index (χ0v) is 18.9. The van der Waals surface area contributed by atoms with Crippen LogP contribution in [0.2, 0.25) is 0 Å². The second kappa shape index (κ2) is 8.34. The maximum absolute atomic E-state index is 11.8. The van der Waals surface area contributed by atoms with E-state index in [1.807, 2.05) is 29.8 Å². The summed E-state index contributed by atoms with van der Waals surface area (Å²) in [5, 5.41) is 5.95. The Morgan fingerprint density at radius 3 is 2.41 bits per heavy atom. The molecule has 0 radical (unpaired) electrons. The standard InChI is InChI=1S/C25H27N5O2/c1-25(2,3)16-6-8-17(9-7-16)28-24-29-20-14-18(10-11-22(20)30(24)5)32-19-12-13-27-21(15-19)23(31)26-4/h6-15H,1-5H3,(H,26,31)(H,28,29). The maximum Gasteiger partial charge on any atom is 0.269 e.